The Kier molecular flexibility index (Phi) is 36.3. The van der Waals surface area contributed by atoms with Crippen LogP contribution in [0.2, 0.25) is 0 Å². The Morgan fingerprint density at radius 1 is 0.630 bits per heavy atom. The quantitative estimate of drug-likeness (QED) is 0.0155. The number of carbonyl (C=O) groups excluding carboxylic acids is 2. The molecule has 54 heavy (non-hydrogen) atoms. The van der Waals surface area contributed by atoms with E-state index in [0.29, 0.717) is 32.1 Å². The van der Waals surface area contributed by atoms with Crippen LogP contribution < -0.4 is 0 Å². The van der Waals surface area contributed by atoms with Gasteiger partial charge in [0.15, 0.2) is 6.10 Å². The van der Waals surface area contributed by atoms with Crippen LogP contribution in [0.25, 0.3) is 0 Å². The van der Waals surface area contributed by atoms with Crippen molar-refractivity contribution in [2.24, 2.45) is 0 Å². The van der Waals surface area contributed by atoms with Gasteiger partial charge < -0.3 is 29.7 Å². The highest BCUT2D eigenvalue weighted by Crippen LogP contribution is 2.43. The molecule has 0 amide bonds. The highest BCUT2D eigenvalue weighted by Gasteiger charge is 2.27. The summed E-state index contributed by atoms with van der Waals surface area (Å²) in [6, 6.07) is 0. The summed E-state index contributed by atoms with van der Waals surface area (Å²) in [5, 5.41) is 28.3. The molecule has 0 bridgehead atoms. The van der Waals surface area contributed by atoms with E-state index in [2.05, 4.69) is 24.4 Å². The minimum Gasteiger partial charge on any atom is -0.462 e. The summed E-state index contributed by atoms with van der Waals surface area (Å²) in [5.41, 5.74) is 0. The zero-order valence-electron chi connectivity index (χ0n) is 33.5. The van der Waals surface area contributed by atoms with E-state index in [4.69, 9.17) is 19.1 Å². The minimum absolute atomic E-state index is 0.0766. The normalized spacial score (nSPS) is 15.0. The predicted octanol–water partition coefficient (Wildman–Crippen LogP) is 9.53. The maximum absolute atomic E-state index is 12.6. The lowest BCUT2D eigenvalue weighted by Gasteiger charge is -2.20. The summed E-state index contributed by atoms with van der Waals surface area (Å²) in [6.07, 6.45) is 35.4. The van der Waals surface area contributed by atoms with E-state index in [1.807, 2.05) is 36.5 Å². The fourth-order valence-corrected chi connectivity index (χ4v) is 6.09. The molecule has 0 fully saturated rings. The summed E-state index contributed by atoms with van der Waals surface area (Å²) >= 11 is 0. The van der Waals surface area contributed by atoms with Crippen molar-refractivity contribution < 1.29 is 52.9 Å². The second-order valence-corrected chi connectivity index (χ2v) is 15.3. The SMILES string of the molecule is CCCCC/C=C\C[C@H](O)/C=C/C=C\C/C=C\CCCC(=O)O[C@H](COC(=O)CCCCCCCCCCCCCCC)COP(=O)(O)OC[C@@H](O)CO. The summed E-state index contributed by atoms with van der Waals surface area (Å²) in [5.74, 6) is -1.03. The molecule has 4 N–H and O–H groups in total. The van der Waals surface area contributed by atoms with Crippen LogP contribution in [0.1, 0.15) is 162 Å². The summed E-state index contributed by atoms with van der Waals surface area (Å²) < 4.78 is 32.5. The minimum atomic E-state index is -4.64. The van der Waals surface area contributed by atoms with E-state index < -0.39 is 57.9 Å². The van der Waals surface area contributed by atoms with E-state index in [9.17, 15) is 29.3 Å². The molecule has 0 aliphatic carbocycles. The molecular formula is C42H75O11P. The standard InChI is InChI=1S/C42H75O11P/c1-3-5-7-9-11-12-13-14-15-16-20-24-28-32-41(46)50-36-40(37-52-54(48,49)51-35-39(45)34-43)53-42(47)33-29-25-21-18-17-19-23-27-31-38(44)30-26-22-10-8-6-4-2/h18-19,21-23,26-27,31,38-40,43-45H,3-17,20,24-25,28-30,32-37H2,1-2H3,(H,48,49)/b21-18-,23-19-,26-22-,31-27+/t38-,39-,40+/m0/s1. The van der Waals surface area contributed by atoms with Crippen LogP contribution >= 0.6 is 7.82 Å². The van der Waals surface area contributed by atoms with Crippen LogP contribution in [0.4, 0.5) is 0 Å². The van der Waals surface area contributed by atoms with Crippen molar-refractivity contribution in [1.29, 1.82) is 0 Å². The maximum atomic E-state index is 12.6. The van der Waals surface area contributed by atoms with Crippen LogP contribution in [0.5, 0.6) is 0 Å². The Hall–Kier alpha value is -2.11. The van der Waals surface area contributed by atoms with Gasteiger partial charge in [0, 0.05) is 12.8 Å². The van der Waals surface area contributed by atoms with Crippen molar-refractivity contribution in [2.45, 2.75) is 180 Å². The van der Waals surface area contributed by atoms with Gasteiger partial charge in [-0.15, -0.1) is 0 Å². The van der Waals surface area contributed by atoms with E-state index in [1.54, 1.807) is 6.08 Å². The lowest BCUT2D eigenvalue weighted by atomic mass is 10.0. The fraction of sp³-hybridized carbons (Fsp3) is 0.762. The van der Waals surface area contributed by atoms with E-state index >= 15 is 0 Å². The number of rotatable bonds is 38. The van der Waals surface area contributed by atoms with Gasteiger partial charge in [-0.3, -0.25) is 18.6 Å². The monoisotopic (exact) mass is 787 g/mol. The van der Waals surface area contributed by atoms with Gasteiger partial charge >= 0.3 is 19.8 Å². The molecule has 4 atom stereocenters. The van der Waals surface area contributed by atoms with Gasteiger partial charge in [0.2, 0.25) is 0 Å². The van der Waals surface area contributed by atoms with Gasteiger partial charge in [0.05, 0.1) is 25.9 Å². The molecule has 12 heteroatoms. The third-order valence-corrected chi connectivity index (χ3v) is 9.52. The van der Waals surface area contributed by atoms with E-state index in [0.717, 1.165) is 25.7 Å². The number of hydrogen-bond acceptors (Lipinski definition) is 10. The number of ether oxygens (including phenoxy) is 2. The van der Waals surface area contributed by atoms with Crippen molar-refractivity contribution in [3.05, 3.63) is 48.6 Å². The molecule has 0 rings (SSSR count). The molecule has 0 aromatic carbocycles. The highest BCUT2D eigenvalue weighted by atomic mass is 31.2. The third-order valence-electron chi connectivity index (χ3n) is 8.57. The van der Waals surface area contributed by atoms with Crippen LogP contribution in [-0.4, -0.2) is 76.9 Å². The maximum Gasteiger partial charge on any atom is 0.472 e. The second-order valence-electron chi connectivity index (χ2n) is 13.9. The van der Waals surface area contributed by atoms with Crippen molar-refractivity contribution in [2.75, 3.05) is 26.4 Å². The second kappa shape index (κ2) is 37.8. The van der Waals surface area contributed by atoms with Crippen LogP contribution in [0.15, 0.2) is 48.6 Å². The Balaban J connectivity index is 4.50. The largest absolute Gasteiger partial charge is 0.472 e. The Labute approximate surface area is 326 Å². The van der Waals surface area contributed by atoms with Crippen molar-refractivity contribution in [1.82, 2.24) is 0 Å². The molecule has 314 valence electrons. The van der Waals surface area contributed by atoms with Gasteiger partial charge in [-0.25, -0.2) is 4.57 Å². The molecule has 0 saturated carbocycles. The number of hydrogen-bond donors (Lipinski definition) is 4. The zero-order chi connectivity index (χ0) is 40.0. The van der Waals surface area contributed by atoms with Gasteiger partial charge in [-0.2, -0.15) is 0 Å². The van der Waals surface area contributed by atoms with Crippen molar-refractivity contribution in [3.8, 4) is 0 Å². The molecule has 0 radical (unpaired) electrons. The number of phosphoric ester groups is 1. The molecule has 0 heterocycles. The topological polar surface area (TPSA) is 169 Å². The molecule has 0 aliphatic heterocycles. The van der Waals surface area contributed by atoms with Crippen LogP contribution in [0, 0.1) is 0 Å². The summed E-state index contributed by atoms with van der Waals surface area (Å²) in [4.78, 5) is 34.9. The average molecular weight is 787 g/mol. The Morgan fingerprint density at radius 3 is 1.83 bits per heavy atom. The van der Waals surface area contributed by atoms with Crippen molar-refractivity contribution >= 4 is 19.8 Å². The first-order chi connectivity index (χ1) is 26.1. The van der Waals surface area contributed by atoms with Crippen LogP contribution in [-0.2, 0) is 32.7 Å². The number of allylic oxidation sites excluding steroid dienone is 6. The first kappa shape index (κ1) is 51.9. The summed E-state index contributed by atoms with van der Waals surface area (Å²) in [6.45, 7) is 2.18. The molecular weight excluding hydrogens is 711 g/mol. The average Bonchev–Trinajstić information content (AvgIpc) is 3.15. The highest BCUT2D eigenvalue weighted by molar-refractivity contribution is 7.47. The molecule has 0 aromatic rings. The molecule has 0 spiro atoms. The number of carbonyl (C=O) groups is 2. The van der Waals surface area contributed by atoms with Gasteiger partial charge in [-0.1, -0.05) is 152 Å². The third kappa shape index (κ3) is 36.8. The Bertz CT molecular complexity index is 1060. The van der Waals surface area contributed by atoms with Gasteiger partial charge in [-0.05, 0) is 44.9 Å². The van der Waals surface area contributed by atoms with Crippen LogP contribution in [0.3, 0.4) is 0 Å². The number of esters is 2. The summed E-state index contributed by atoms with van der Waals surface area (Å²) in [7, 11) is -4.64. The molecule has 1 unspecified atom stereocenters. The zero-order valence-corrected chi connectivity index (χ0v) is 34.4. The van der Waals surface area contributed by atoms with Gasteiger partial charge in [0.1, 0.15) is 12.7 Å². The molecule has 0 saturated heterocycles. The first-order valence-corrected chi connectivity index (χ1v) is 22.2. The fourth-order valence-electron chi connectivity index (χ4n) is 5.30. The Morgan fingerprint density at radius 2 is 1.19 bits per heavy atom. The molecule has 0 aliphatic rings. The van der Waals surface area contributed by atoms with E-state index in [-0.39, 0.29) is 19.4 Å². The smallest absolute Gasteiger partial charge is 0.462 e. The first-order valence-electron chi connectivity index (χ1n) is 20.7. The predicted molar refractivity (Wildman–Crippen MR) is 216 cm³/mol. The number of aliphatic hydroxyl groups excluding tert-OH is 3. The lowest BCUT2D eigenvalue weighted by Crippen LogP contribution is -2.29. The molecule has 0 aromatic heterocycles. The number of phosphoric acid groups is 1. The van der Waals surface area contributed by atoms with Crippen molar-refractivity contribution in [3.63, 3.8) is 0 Å². The number of unbranched alkanes of at least 4 members (excludes halogenated alkanes) is 16. The number of aliphatic hydroxyl groups is 3. The lowest BCUT2D eigenvalue weighted by molar-refractivity contribution is -0.161. The van der Waals surface area contributed by atoms with Gasteiger partial charge in [0.25, 0.3) is 0 Å². The van der Waals surface area contributed by atoms with E-state index in [1.165, 1.54) is 77.0 Å². The molecule has 11 nitrogen and oxygen atoms in total.